The van der Waals surface area contributed by atoms with Crippen molar-refractivity contribution in [3.05, 3.63) is 12.2 Å². The number of aliphatic carboxylic acids is 1. The van der Waals surface area contributed by atoms with Crippen LogP contribution in [0.1, 0.15) is 12.8 Å². The topological polar surface area (TPSA) is 130 Å². The van der Waals surface area contributed by atoms with Gasteiger partial charge in [-0.3, -0.25) is 24.1 Å². The Morgan fingerprint density at radius 1 is 1.32 bits per heavy atom. The minimum absolute atomic E-state index is 0.0202. The summed E-state index contributed by atoms with van der Waals surface area (Å²) in [7, 11) is 0. The molecule has 0 aromatic carbocycles. The Kier molecular flexibility index (Phi) is 5.19. The normalized spacial score (nSPS) is 15.7. The Morgan fingerprint density at radius 2 is 1.89 bits per heavy atom. The van der Waals surface area contributed by atoms with Gasteiger partial charge in [-0.25, -0.2) is 0 Å². The molecule has 0 aromatic heterocycles. The lowest BCUT2D eigenvalue weighted by Gasteiger charge is -2.14. The van der Waals surface area contributed by atoms with Crippen LogP contribution in [0.15, 0.2) is 12.2 Å². The van der Waals surface area contributed by atoms with Crippen LogP contribution in [0.2, 0.25) is 0 Å². The van der Waals surface area contributed by atoms with E-state index in [1.807, 2.05) is 0 Å². The standard InChI is InChI=1S/C11H15N3O5/c12-7(11(18)19)1-2-8(15)13-5-6-14-9(16)3-4-10(14)17/h3-4,7H,1-2,5-6,12H2,(H,13,15)(H,18,19). The highest BCUT2D eigenvalue weighted by Crippen LogP contribution is 2.02. The Labute approximate surface area is 109 Å². The van der Waals surface area contributed by atoms with E-state index in [1.165, 1.54) is 0 Å². The van der Waals surface area contributed by atoms with E-state index in [0.717, 1.165) is 17.1 Å². The number of imide groups is 1. The van der Waals surface area contributed by atoms with Crippen LogP contribution in [0, 0.1) is 0 Å². The van der Waals surface area contributed by atoms with Crippen molar-refractivity contribution in [2.75, 3.05) is 13.1 Å². The molecule has 0 bridgehead atoms. The van der Waals surface area contributed by atoms with E-state index in [9.17, 15) is 19.2 Å². The predicted octanol–water partition coefficient (Wildman–Crippen LogP) is -1.78. The van der Waals surface area contributed by atoms with Crippen LogP contribution in [0.5, 0.6) is 0 Å². The second kappa shape index (κ2) is 6.64. The van der Waals surface area contributed by atoms with Gasteiger partial charge in [0.25, 0.3) is 11.8 Å². The number of carbonyl (C=O) groups is 4. The molecule has 19 heavy (non-hydrogen) atoms. The first-order chi connectivity index (χ1) is 8.91. The van der Waals surface area contributed by atoms with Gasteiger partial charge >= 0.3 is 5.97 Å². The molecule has 0 saturated heterocycles. The smallest absolute Gasteiger partial charge is 0.320 e. The lowest BCUT2D eigenvalue weighted by atomic mass is 10.1. The lowest BCUT2D eigenvalue weighted by molar-refractivity contribution is -0.139. The summed E-state index contributed by atoms with van der Waals surface area (Å²) >= 11 is 0. The first-order valence-corrected chi connectivity index (χ1v) is 5.70. The van der Waals surface area contributed by atoms with Crippen molar-refractivity contribution in [1.82, 2.24) is 10.2 Å². The molecule has 1 heterocycles. The molecule has 0 saturated carbocycles. The Balaban J connectivity index is 2.19. The largest absolute Gasteiger partial charge is 0.480 e. The van der Waals surface area contributed by atoms with Crippen molar-refractivity contribution < 1.29 is 24.3 Å². The number of nitrogens with one attached hydrogen (secondary N) is 1. The molecule has 1 aliphatic rings. The van der Waals surface area contributed by atoms with E-state index in [4.69, 9.17) is 10.8 Å². The maximum Gasteiger partial charge on any atom is 0.320 e. The van der Waals surface area contributed by atoms with Crippen LogP contribution in [-0.4, -0.2) is 52.8 Å². The maximum atomic E-state index is 11.3. The maximum absolute atomic E-state index is 11.3. The molecule has 0 fully saturated rings. The Bertz CT molecular complexity index is 414. The van der Waals surface area contributed by atoms with Crippen molar-refractivity contribution in [2.24, 2.45) is 5.73 Å². The molecule has 0 aliphatic carbocycles. The van der Waals surface area contributed by atoms with Gasteiger partial charge in [0.15, 0.2) is 0 Å². The van der Waals surface area contributed by atoms with Gasteiger partial charge < -0.3 is 16.2 Å². The molecule has 1 rings (SSSR count). The third kappa shape index (κ3) is 4.51. The summed E-state index contributed by atoms with van der Waals surface area (Å²) in [5.41, 5.74) is 5.24. The molecule has 0 spiro atoms. The average Bonchev–Trinajstić information content (AvgIpc) is 2.67. The van der Waals surface area contributed by atoms with Crippen LogP contribution in [0.25, 0.3) is 0 Å². The highest BCUT2D eigenvalue weighted by atomic mass is 16.4. The highest BCUT2D eigenvalue weighted by molar-refractivity contribution is 6.12. The summed E-state index contributed by atoms with van der Waals surface area (Å²) < 4.78 is 0. The number of rotatable bonds is 7. The Hall–Kier alpha value is -2.22. The molecule has 0 aromatic rings. The summed E-state index contributed by atoms with van der Waals surface area (Å²) in [6, 6.07) is -1.07. The van der Waals surface area contributed by atoms with Crippen molar-refractivity contribution in [2.45, 2.75) is 18.9 Å². The molecule has 1 atom stereocenters. The molecule has 104 valence electrons. The molecular weight excluding hydrogens is 254 g/mol. The van der Waals surface area contributed by atoms with E-state index >= 15 is 0 Å². The monoisotopic (exact) mass is 269 g/mol. The summed E-state index contributed by atoms with van der Waals surface area (Å²) in [4.78, 5) is 45.1. The van der Waals surface area contributed by atoms with Crippen LogP contribution in [0.3, 0.4) is 0 Å². The third-order valence-electron chi connectivity index (χ3n) is 2.56. The number of nitrogens with zero attached hydrogens (tertiary/aromatic N) is 1. The van der Waals surface area contributed by atoms with Crippen molar-refractivity contribution in [1.29, 1.82) is 0 Å². The molecule has 4 N–H and O–H groups in total. The zero-order valence-corrected chi connectivity index (χ0v) is 10.2. The molecule has 0 radical (unpaired) electrons. The molecular formula is C11H15N3O5. The Morgan fingerprint density at radius 3 is 2.42 bits per heavy atom. The van der Waals surface area contributed by atoms with Crippen LogP contribution < -0.4 is 11.1 Å². The van der Waals surface area contributed by atoms with Crippen LogP contribution >= 0.6 is 0 Å². The van der Waals surface area contributed by atoms with E-state index < -0.39 is 23.8 Å². The number of amides is 3. The molecule has 1 aliphatic heterocycles. The number of hydrogen-bond acceptors (Lipinski definition) is 5. The van der Waals surface area contributed by atoms with Gasteiger partial charge in [-0.15, -0.1) is 0 Å². The SMILES string of the molecule is NC(CCC(=O)NCCN1C(=O)C=CC1=O)C(=O)O. The third-order valence-corrected chi connectivity index (χ3v) is 2.56. The van der Waals surface area contributed by atoms with Crippen LogP contribution in [0.4, 0.5) is 0 Å². The van der Waals surface area contributed by atoms with E-state index in [2.05, 4.69) is 5.32 Å². The van der Waals surface area contributed by atoms with Crippen molar-refractivity contribution >= 4 is 23.7 Å². The van der Waals surface area contributed by atoms with Gasteiger partial charge in [-0.2, -0.15) is 0 Å². The second-order valence-electron chi connectivity index (χ2n) is 3.99. The number of nitrogens with two attached hydrogens (primary N) is 1. The van der Waals surface area contributed by atoms with Gasteiger partial charge in [0.1, 0.15) is 6.04 Å². The highest BCUT2D eigenvalue weighted by Gasteiger charge is 2.22. The number of carbonyl (C=O) groups excluding carboxylic acids is 3. The van der Waals surface area contributed by atoms with E-state index in [1.54, 1.807) is 0 Å². The van der Waals surface area contributed by atoms with Gasteiger partial charge in [0.05, 0.1) is 0 Å². The fraction of sp³-hybridized carbons (Fsp3) is 0.455. The van der Waals surface area contributed by atoms with Crippen LogP contribution in [-0.2, 0) is 19.2 Å². The van der Waals surface area contributed by atoms with Crippen molar-refractivity contribution in [3.63, 3.8) is 0 Å². The first kappa shape index (κ1) is 14.8. The number of hydrogen-bond donors (Lipinski definition) is 3. The van der Waals surface area contributed by atoms with Gasteiger partial charge in [-0.1, -0.05) is 0 Å². The fourth-order valence-electron chi connectivity index (χ4n) is 1.46. The minimum Gasteiger partial charge on any atom is -0.480 e. The number of carboxylic acids is 1. The quantitative estimate of drug-likeness (QED) is 0.468. The number of carboxylic acid groups (broad SMARTS) is 1. The fourth-order valence-corrected chi connectivity index (χ4v) is 1.46. The summed E-state index contributed by atoms with van der Waals surface area (Å²) in [5.74, 6) is -2.35. The zero-order valence-electron chi connectivity index (χ0n) is 10.2. The zero-order chi connectivity index (χ0) is 14.4. The summed E-state index contributed by atoms with van der Waals surface area (Å²) in [6.07, 6.45) is 2.34. The lowest BCUT2D eigenvalue weighted by Crippen LogP contribution is -2.39. The molecule has 8 heteroatoms. The van der Waals surface area contributed by atoms with Crippen molar-refractivity contribution in [3.8, 4) is 0 Å². The van der Waals surface area contributed by atoms with Gasteiger partial charge in [0.2, 0.25) is 5.91 Å². The molecule has 1 unspecified atom stereocenters. The molecule has 8 nitrogen and oxygen atoms in total. The molecule has 3 amide bonds. The summed E-state index contributed by atoms with van der Waals surface area (Å²) in [5, 5.41) is 11.0. The second-order valence-corrected chi connectivity index (χ2v) is 3.99. The minimum atomic E-state index is -1.16. The summed E-state index contributed by atoms with van der Waals surface area (Å²) in [6.45, 7) is 0.210. The van der Waals surface area contributed by atoms with E-state index in [-0.39, 0.29) is 31.8 Å². The van der Waals surface area contributed by atoms with Gasteiger partial charge in [0, 0.05) is 31.7 Å². The first-order valence-electron chi connectivity index (χ1n) is 5.70. The average molecular weight is 269 g/mol. The van der Waals surface area contributed by atoms with E-state index in [0.29, 0.717) is 0 Å². The predicted molar refractivity (Wildman–Crippen MR) is 63.7 cm³/mol. The van der Waals surface area contributed by atoms with Gasteiger partial charge in [-0.05, 0) is 6.42 Å².